The van der Waals surface area contributed by atoms with Crippen molar-refractivity contribution in [2.45, 2.75) is 20.0 Å². The predicted molar refractivity (Wildman–Crippen MR) is 82.7 cm³/mol. The standard InChI is InChI=1S/C14H17BrN2OS/c1-10-14(19-9-16-10)8-17(2)7-11-4-5-13(18-3)12(15)6-11/h4-6,9H,7-8H2,1-3H3. The highest BCUT2D eigenvalue weighted by Crippen LogP contribution is 2.26. The molecule has 0 aliphatic heterocycles. The molecule has 0 fully saturated rings. The van der Waals surface area contributed by atoms with Crippen LogP contribution in [0.25, 0.3) is 0 Å². The molecule has 0 amide bonds. The van der Waals surface area contributed by atoms with Crippen LogP contribution >= 0.6 is 27.3 Å². The van der Waals surface area contributed by atoms with Crippen molar-refractivity contribution in [2.75, 3.05) is 14.2 Å². The van der Waals surface area contributed by atoms with Gasteiger partial charge in [-0.2, -0.15) is 0 Å². The maximum Gasteiger partial charge on any atom is 0.133 e. The molecular formula is C14H17BrN2OS. The number of aryl methyl sites for hydroxylation is 1. The molecule has 0 N–H and O–H groups in total. The Morgan fingerprint density at radius 2 is 2.16 bits per heavy atom. The summed E-state index contributed by atoms with van der Waals surface area (Å²) < 4.78 is 6.23. The van der Waals surface area contributed by atoms with Crippen LogP contribution in [0, 0.1) is 6.92 Å². The maximum atomic E-state index is 5.24. The summed E-state index contributed by atoms with van der Waals surface area (Å²) in [5.74, 6) is 0.865. The van der Waals surface area contributed by atoms with Crippen LogP contribution in [-0.2, 0) is 13.1 Å². The first-order valence-corrected chi connectivity index (χ1v) is 7.67. The van der Waals surface area contributed by atoms with E-state index in [1.54, 1.807) is 18.4 Å². The van der Waals surface area contributed by atoms with E-state index in [2.05, 4.69) is 51.9 Å². The molecule has 102 valence electrons. The molecule has 0 aliphatic rings. The van der Waals surface area contributed by atoms with Gasteiger partial charge in [-0.15, -0.1) is 11.3 Å². The van der Waals surface area contributed by atoms with Crippen LogP contribution in [0.2, 0.25) is 0 Å². The largest absolute Gasteiger partial charge is 0.496 e. The molecule has 0 saturated carbocycles. The zero-order valence-electron chi connectivity index (χ0n) is 11.3. The quantitative estimate of drug-likeness (QED) is 0.826. The average molecular weight is 341 g/mol. The van der Waals surface area contributed by atoms with Gasteiger partial charge in [0.2, 0.25) is 0 Å². The Labute approximate surface area is 126 Å². The van der Waals surface area contributed by atoms with Crippen molar-refractivity contribution in [1.29, 1.82) is 0 Å². The molecule has 1 aromatic carbocycles. The van der Waals surface area contributed by atoms with Crippen LogP contribution < -0.4 is 4.74 Å². The van der Waals surface area contributed by atoms with Crippen LogP contribution in [0.3, 0.4) is 0 Å². The minimum atomic E-state index is 0.865. The fourth-order valence-corrected chi connectivity index (χ4v) is 3.34. The first-order valence-electron chi connectivity index (χ1n) is 6.00. The van der Waals surface area contributed by atoms with E-state index < -0.39 is 0 Å². The Kier molecular flexibility index (Phi) is 4.96. The average Bonchev–Trinajstić information content (AvgIpc) is 2.75. The minimum absolute atomic E-state index is 0.865. The summed E-state index contributed by atoms with van der Waals surface area (Å²) in [7, 11) is 3.80. The second-order valence-electron chi connectivity index (χ2n) is 4.50. The van der Waals surface area contributed by atoms with Crippen molar-refractivity contribution in [2.24, 2.45) is 0 Å². The molecule has 5 heteroatoms. The van der Waals surface area contributed by atoms with E-state index in [9.17, 15) is 0 Å². The second-order valence-corrected chi connectivity index (χ2v) is 6.30. The molecular weight excluding hydrogens is 324 g/mol. The fraction of sp³-hybridized carbons (Fsp3) is 0.357. The predicted octanol–water partition coefficient (Wildman–Crippen LogP) is 3.85. The molecule has 0 spiro atoms. The van der Waals surface area contributed by atoms with Gasteiger partial charge >= 0.3 is 0 Å². The Morgan fingerprint density at radius 3 is 2.74 bits per heavy atom. The summed E-state index contributed by atoms with van der Waals surface area (Å²) in [4.78, 5) is 7.90. The van der Waals surface area contributed by atoms with E-state index in [-0.39, 0.29) is 0 Å². The van der Waals surface area contributed by atoms with E-state index >= 15 is 0 Å². The Morgan fingerprint density at radius 1 is 1.37 bits per heavy atom. The van der Waals surface area contributed by atoms with E-state index in [0.29, 0.717) is 0 Å². The highest BCUT2D eigenvalue weighted by molar-refractivity contribution is 9.10. The van der Waals surface area contributed by atoms with Gasteiger partial charge in [0.25, 0.3) is 0 Å². The summed E-state index contributed by atoms with van der Waals surface area (Å²) in [5, 5.41) is 0. The molecule has 2 rings (SSSR count). The highest BCUT2D eigenvalue weighted by Gasteiger charge is 2.08. The van der Waals surface area contributed by atoms with Gasteiger partial charge < -0.3 is 4.74 Å². The Bertz CT molecular complexity index is 556. The molecule has 19 heavy (non-hydrogen) atoms. The molecule has 0 unspecified atom stereocenters. The maximum absolute atomic E-state index is 5.24. The summed E-state index contributed by atoms with van der Waals surface area (Å²) >= 11 is 5.23. The van der Waals surface area contributed by atoms with Crippen LogP contribution in [0.4, 0.5) is 0 Å². The number of hydrogen-bond donors (Lipinski definition) is 0. The van der Waals surface area contributed by atoms with Crippen molar-refractivity contribution in [3.05, 3.63) is 44.3 Å². The molecule has 0 radical (unpaired) electrons. The van der Waals surface area contributed by atoms with Crippen molar-refractivity contribution in [1.82, 2.24) is 9.88 Å². The number of benzene rings is 1. The summed E-state index contributed by atoms with van der Waals surface area (Å²) in [5.41, 5.74) is 4.30. The van der Waals surface area contributed by atoms with Gasteiger partial charge in [-0.25, -0.2) is 4.98 Å². The molecule has 3 nitrogen and oxygen atoms in total. The molecule has 0 aliphatic carbocycles. The lowest BCUT2D eigenvalue weighted by Gasteiger charge is -2.16. The summed E-state index contributed by atoms with van der Waals surface area (Å²) in [6.07, 6.45) is 0. The van der Waals surface area contributed by atoms with E-state index in [0.717, 1.165) is 29.0 Å². The van der Waals surface area contributed by atoms with E-state index in [1.165, 1.54) is 10.4 Å². The number of thiazole rings is 1. The SMILES string of the molecule is COc1ccc(CN(C)Cc2scnc2C)cc1Br. The molecule has 0 atom stereocenters. The van der Waals surface area contributed by atoms with Gasteiger partial charge in [-0.05, 0) is 47.6 Å². The highest BCUT2D eigenvalue weighted by atomic mass is 79.9. The monoisotopic (exact) mass is 340 g/mol. The first kappa shape index (κ1) is 14.5. The van der Waals surface area contributed by atoms with Crippen LogP contribution in [0.5, 0.6) is 5.75 Å². The third kappa shape index (κ3) is 3.78. The lowest BCUT2D eigenvalue weighted by Crippen LogP contribution is -2.17. The van der Waals surface area contributed by atoms with Crippen LogP contribution in [-0.4, -0.2) is 24.0 Å². The fourth-order valence-electron chi connectivity index (χ4n) is 1.90. The third-order valence-corrected chi connectivity index (χ3v) is 4.47. The smallest absolute Gasteiger partial charge is 0.133 e. The van der Waals surface area contributed by atoms with Crippen LogP contribution in [0.15, 0.2) is 28.2 Å². The molecule has 1 aromatic heterocycles. The lowest BCUT2D eigenvalue weighted by molar-refractivity contribution is 0.320. The van der Waals surface area contributed by atoms with Crippen molar-refractivity contribution < 1.29 is 4.74 Å². The van der Waals surface area contributed by atoms with Gasteiger partial charge in [-0.3, -0.25) is 4.90 Å². The van der Waals surface area contributed by atoms with Gasteiger partial charge in [0.1, 0.15) is 5.75 Å². The molecule has 0 bridgehead atoms. The van der Waals surface area contributed by atoms with Gasteiger partial charge in [0.15, 0.2) is 0 Å². The number of rotatable bonds is 5. The van der Waals surface area contributed by atoms with Gasteiger partial charge in [0, 0.05) is 18.0 Å². The second kappa shape index (κ2) is 6.50. The number of ether oxygens (including phenoxy) is 1. The van der Waals surface area contributed by atoms with Crippen molar-refractivity contribution >= 4 is 27.3 Å². The Balaban J connectivity index is 2.01. The Hall–Kier alpha value is -0.910. The molecule has 1 heterocycles. The number of methoxy groups -OCH3 is 1. The molecule has 0 saturated heterocycles. The number of hydrogen-bond acceptors (Lipinski definition) is 4. The number of aromatic nitrogens is 1. The van der Waals surface area contributed by atoms with Crippen molar-refractivity contribution in [3.8, 4) is 5.75 Å². The normalized spacial score (nSPS) is 11.0. The van der Waals surface area contributed by atoms with Gasteiger partial charge in [-0.1, -0.05) is 6.07 Å². The zero-order valence-corrected chi connectivity index (χ0v) is 13.7. The zero-order chi connectivity index (χ0) is 13.8. The van der Waals surface area contributed by atoms with E-state index in [4.69, 9.17) is 4.74 Å². The topological polar surface area (TPSA) is 25.4 Å². The summed E-state index contributed by atoms with van der Waals surface area (Å²) in [6, 6.07) is 6.19. The summed E-state index contributed by atoms with van der Waals surface area (Å²) in [6.45, 7) is 3.89. The number of nitrogens with zero attached hydrogens (tertiary/aromatic N) is 2. The van der Waals surface area contributed by atoms with Crippen LogP contribution in [0.1, 0.15) is 16.1 Å². The number of halogens is 1. The van der Waals surface area contributed by atoms with Crippen molar-refractivity contribution in [3.63, 3.8) is 0 Å². The van der Waals surface area contributed by atoms with Gasteiger partial charge in [0.05, 0.1) is 22.8 Å². The first-order chi connectivity index (χ1) is 9.10. The molecule has 2 aromatic rings. The minimum Gasteiger partial charge on any atom is -0.496 e. The lowest BCUT2D eigenvalue weighted by atomic mass is 10.2. The third-order valence-electron chi connectivity index (χ3n) is 2.93. The van der Waals surface area contributed by atoms with E-state index in [1.807, 2.05) is 11.6 Å².